The number of amides is 1. The van der Waals surface area contributed by atoms with Gasteiger partial charge in [-0.15, -0.1) is 0 Å². The topological polar surface area (TPSA) is 67.2 Å². The average molecular weight is 417 g/mol. The number of nitrogens with one attached hydrogen (secondary N) is 1. The van der Waals surface area contributed by atoms with Crippen molar-refractivity contribution in [1.29, 1.82) is 0 Å². The second kappa shape index (κ2) is 8.53. The number of benzene rings is 2. The highest BCUT2D eigenvalue weighted by molar-refractivity contribution is 5.91. The highest BCUT2D eigenvalue weighted by Crippen LogP contribution is 2.28. The molecular weight excluding hydrogens is 388 g/mol. The van der Waals surface area contributed by atoms with E-state index < -0.39 is 0 Å². The number of anilines is 2. The van der Waals surface area contributed by atoms with Crippen molar-refractivity contribution in [2.45, 2.75) is 51.5 Å². The van der Waals surface area contributed by atoms with E-state index in [-0.39, 0.29) is 17.9 Å². The number of carbonyl (C=O) groups is 1. The molecule has 1 aromatic heterocycles. The number of nitrogens with zero attached hydrogens (tertiary/aromatic N) is 3. The first-order chi connectivity index (χ1) is 15.2. The van der Waals surface area contributed by atoms with Crippen molar-refractivity contribution < 1.29 is 4.79 Å². The molecule has 0 unspecified atom stereocenters. The van der Waals surface area contributed by atoms with Crippen LogP contribution in [0.1, 0.15) is 43.2 Å². The predicted octanol–water partition coefficient (Wildman–Crippen LogP) is 3.90. The lowest BCUT2D eigenvalue weighted by Gasteiger charge is -2.20. The molecule has 31 heavy (non-hydrogen) atoms. The van der Waals surface area contributed by atoms with Crippen molar-refractivity contribution in [3.8, 4) is 0 Å². The number of fused-ring (bicyclic) bond motifs is 2. The summed E-state index contributed by atoms with van der Waals surface area (Å²) in [6.45, 7) is 2.06. The van der Waals surface area contributed by atoms with Crippen molar-refractivity contribution in [3.05, 3.63) is 63.9 Å². The van der Waals surface area contributed by atoms with Crippen molar-refractivity contribution in [1.82, 2.24) is 9.55 Å². The van der Waals surface area contributed by atoms with E-state index in [1.807, 2.05) is 36.4 Å². The second-order valence-corrected chi connectivity index (χ2v) is 8.52. The zero-order chi connectivity index (χ0) is 21.2. The Kier molecular flexibility index (Phi) is 5.45. The molecule has 1 amide bonds. The van der Waals surface area contributed by atoms with E-state index in [0.717, 1.165) is 61.9 Å². The summed E-state index contributed by atoms with van der Waals surface area (Å²) < 4.78 is 1.72. The minimum Gasteiger partial charge on any atom is -0.352 e. The van der Waals surface area contributed by atoms with Gasteiger partial charge < -0.3 is 14.8 Å². The van der Waals surface area contributed by atoms with Gasteiger partial charge >= 0.3 is 0 Å². The standard InChI is InChI=1S/C25H28N4O2/c30-23(26-20-12-7-9-18-8-1-2-10-19(18)20)14-17-29-22-13-4-3-11-21(22)27-24(25(29)31)28-15-5-6-16-28/h3-4,7,9,11-13H,1-2,5-6,8,10,14-17H2,(H,26,30). The van der Waals surface area contributed by atoms with E-state index in [2.05, 4.69) is 21.3 Å². The van der Waals surface area contributed by atoms with E-state index in [1.165, 1.54) is 17.5 Å². The van der Waals surface area contributed by atoms with Gasteiger partial charge in [-0.25, -0.2) is 4.98 Å². The van der Waals surface area contributed by atoms with Crippen LogP contribution in [0.3, 0.4) is 0 Å². The summed E-state index contributed by atoms with van der Waals surface area (Å²) >= 11 is 0. The molecule has 0 atom stereocenters. The number of aryl methyl sites for hydroxylation is 2. The van der Waals surface area contributed by atoms with Crippen LogP contribution < -0.4 is 15.8 Å². The number of aromatic nitrogens is 2. The van der Waals surface area contributed by atoms with E-state index in [1.54, 1.807) is 4.57 Å². The fourth-order valence-corrected chi connectivity index (χ4v) is 4.86. The minimum absolute atomic E-state index is 0.0607. The molecule has 0 saturated carbocycles. The molecule has 0 spiro atoms. The van der Waals surface area contributed by atoms with Crippen LogP contribution in [0, 0.1) is 0 Å². The Hall–Kier alpha value is -3.15. The van der Waals surface area contributed by atoms with Gasteiger partial charge in [0.15, 0.2) is 5.82 Å². The zero-order valence-corrected chi connectivity index (χ0v) is 17.8. The fraction of sp³-hybridized carbons (Fsp3) is 0.400. The zero-order valence-electron chi connectivity index (χ0n) is 17.8. The van der Waals surface area contributed by atoms with Crippen molar-refractivity contribution in [2.24, 2.45) is 0 Å². The van der Waals surface area contributed by atoms with Gasteiger partial charge in [0.05, 0.1) is 11.0 Å². The van der Waals surface area contributed by atoms with Crippen molar-refractivity contribution in [2.75, 3.05) is 23.3 Å². The van der Waals surface area contributed by atoms with Crippen molar-refractivity contribution >= 4 is 28.4 Å². The number of para-hydroxylation sites is 2. The molecule has 2 aromatic carbocycles. The summed E-state index contributed by atoms with van der Waals surface area (Å²) in [4.78, 5) is 32.8. The molecule has 1 saturated heterocycles. The van der Waals surface area contributed by atoms with Gasteiger partial charge in [-0.3, -0.25) is 9.59 Å². The van der Waals surface area contributed by atoms with Crippen molar-refractivity contribution in [3.63, 3.8) is 0 Å². The van der Waals surface area contributed by atoms with Crippen LogP contribution in [-0.4, -0.2) is 28.5 Å². The number of hydrogen-bond donors (Lipinski definition) is 1. The SMILES string of the molecule is O=C(CCn1c(=O)c(N2CCCC2)nc2ccccc21)Nc1cccc2c1CCCC2. The van der Waals surface area contributed by atoms with Crippen LogP contribution in [0.25, 0.3) is 11.0 Å². The lowest BCUT2D eigenvalue weighted by atomic mass is 9.90. The summed E-state index contributed by atoms with van der Waals surface area (Å²) in [7, 11) is 0. The van der Waals surface area contributed by atoms with E-state index in [0.29, 0.717) is 12.4 Å². The minimum atomic E-state index is -0.106. The summed E-state index contributed by atoms with van der Waals surface area (Å²) in [5, 5.41) is 3.10. The fourth-order valence-electron chi connectivity index (χ4n) is 4.86. The molecule has 5 rings (SSSR count). The highest BCUT2D eigenvalue weighted by atomic mass is 16.2. The molecule has 3 aromatic rings. The molecular formula is C25H28N4O2. The van der Waals surface area contributed by atoms with Gasteiger partial charge in [-0.05, 0) is 67.9 Å². The first kappa shape index (κ1) is 19.8. The second-order valence-electron chi connectivity index (χ2n) is 8.52. The van der Waals surface area contributed by atoms with E-state index in [4.69, 9.17) is 0 Å². The smallest absolute Gasteiger partial charge is 0.294 e. The first-order valence-electron chi connectivity index (χ1n) is 11.4. The molecule has 1 aliphatic heterocycles. The van der Waals surface area contributed by atoms with Crippen LogP contribution in [0.15, 0.2) is 47.3 Å². The monoisotopic (exact) mass is 416 g/mol. The maximum atomic E-state index is 13.3. The Morgan fingerprint density at radius 1 is 0.968 bits per heavy atom. The van der Waals surface area contributed by atoms with Gasteiger partial charge in [0, 0.05) is 31.7 Å². The third-order valence-corrected chi connectivity index (χ3v) is 6.47. The summed E-state index contributed by atoms with van der Waals surface area (Å²) in [6.07, 6.45) is 6.88. The Morgan fingerprint density at radius 3 is 2.65 bits per heavy atom. The Morgan fingerprint density at radius 2 is 1.77 bits per heavy atom. The van der Waals surface area contributed by atoms with E-state index in [9.17, 15) is 9.59 Å². The van der Waals surface area contributed by atoms with Crippen LogP contribution in [-0.2, 0) is 24.2 Å². The first-order valence-corrected chi connectivity index (χ1v) is 11.4. The number of carbonyl (C=O) groups excluding carboxylic acids is 1. The van der Waals surface area contributed by atoms with E-state index >= 15 is 0 Å². The van der Waals surface area contributed by atoms with Crippen LogP contribution in [0.5, 0.6) is 0 Å². The maximum absolute atomic E-state index is 13.3. The highest BCUT2D eigenvalue weighted by Gasteiger charge is 2.20. The quantitative estimate of drug-likeness (QED) is 0.685. The lowest BCUT2D eigenvalue weighted by Crippen LogP contribution is -2.32. The van der Waals surface area contributed by atoms with Gasteiger partial charge in [0.2, 0.25) is 5.91 Å². The molecule has 0 bridgehead atoms. The normalized spacial score (nSPS) is 15.8. The van der Waals surface area contributed by atoms with Crippen LogP contribution in [0.4, 0.5) is 11.5 Å². The predicted molar refractivity (Wildman–Crippen MR) is 124 cm³/mol. The lowest BCUT2D eigenvalue weighted by molar-refractivity contribution is -0.116. The number of rotatable bonds is 5. The Bertz CT molecular complexity index is 1180. The summed E-state index contributed by atoms with van der Waals surface area (Å²) in [5.74, 6) is 0.447. The maximum Gasteiger partial charge on any atom is 0.294 e. The largest absolute Gasteiger partial charge is 0.352 e. The molecule has 1 fully saturated rings. The molecule has 6 nitrogen and oxygen atoms in total. The summed E-state index contributed by atoms with van der Waals surface area (Å²) in [6, 6.07) is 13.8. The molecule has 1 N–H and O–H groups in total. The summed E-state index contributed by atoms with van der Waals surface area (Å²) in [5.41, 5.74) is 5.00. The van der Waals surface area contributed by atoms with Gasteiger partial charge in [-0.1, -0.05) is 24.3 Å². The number of hydrogen-bond acceptors (Lipinski definition) is 4. The molecule has 1 aliphatic carbocycles. The molecule has 2 aliphatic rings. The average Bonchev–Trinajstić information content (AvgIpc) is 3.33. The molecule has 0 radical (unpaired) electrons. The van der Waals surface area contributed by atoms with Gasteiger partial charge in [0.1, 0.15) is 0 Å². The Balaban J connectivity index is 1.39. The molecule has 6 heteroatoms. The van der Waals surface area contributed by atoms with Crippen LogP contribution in [0.2, 0.25) is 0 Å². The Labute approximate surface area is 181 Å². The van der Waals surface area contributed by atoms with Gasteiger partial charge in [-0.2, -0.15) is 0 Å². The van der Waals surface area contributed by atoms with Crippen LogP contribution >= 0.6 is 0 Å². The molecule has 2 heterocycles. The molecule has 160 valence electrons. The third kappa shape index (κ3) is 3.94. The third-order valence-electron chi connectivity index (χ3n) is 6.47. The van der Waals surface area contributed by atoms with Gasteiger partial charge in [0.25, 0.3) is 5.56 Å².